The van der Waals surface area contributed by atoms with Crippen molar-refractivity contribution in [2.75, 3.05) is 19.6 Å². The van der Waals surface area contributed by atoms with E-state index in [-0.39, 0.29) is 0 Å². The molecular formula is C13H18N4. The van der Waals surface area contributed by atoms with Gasteiger partial charge in [0, 0.05) is 31.9 Å². The summed E-state index contributed by atoms with van der Waals surface area (Å²) in [7, 11) is 0. The van der Waals surface area contributed by atoms with Gasteiger partial charge in [-0.3, -0.25) is 4.90 Å². The molecule has 1 aliphatic heterocycles. The van der Waals surface area contributed by atoms with Crippen LogP contribution in [0.1, 0.15) is 18.5 Å². The molecule has 0 spiro atoms. The van der Waals surface area contributed by atoms with Gasteiger partial charge in [-0.15, -0.1) is 6.42 Å². The van der Waals surface area contributed by atoms with E-state index >= 15 is 0 Å². The molecule has 4 heteroatoms. The first kappa shape index (κ1) is 12.0. The second-order valence-corrected chi connectivity index (χ2v) is 4.35. The smallest absolute Gasteiger partial charge is 0.0769 e. The number of terminal acetylenes is 1. The third-order valence-corrected chi connectivity index (χ3v) is 3.10. The molecule has 0 saturated carbocycles. The normalized spacial score (nSPS) is 17.8. The minimum Gasteiger partial charge on any atom is -0.308 e. The fourth-order valence-electron chi connectivity index (χ4n) is 2.10. The van der Waals surface area contributed by atoms with Gasteiger partial charge in [0.05, 0.1) is 12.2 Å². The zero-order chi connectivity index (χ0) is 11.9. The summed E-state index contributed by atoms with van der Waals surface area (Å²) in [5.74, 6) is 2.70. The van der Waals surface area contributed by atoms with E-state index in [1.165, 1.54) is 0 Å². The summed E-state index contributed by atoms with van der Waals surface area (Å²) in [6, 6.07) is 4.48. The highest BCUT2D eigenvalue weighted by Crippen LogP contribution is 2.10. The van der Waals surface area contributed by atoms with E-state index in [1.807, 2.05) is 12.1 Å². The first-order chi connectivity index (χ1) is 8.38. The summed E-state index contributed by atoms with van der Waals surface area (Å²) in [6.07, 6.45) is 9.31. The molecule has 0 amide bonds. The zero-order valence-electron chi connectivity index (χ0n) is 9.97. The highest BCUT2D eigenvalue weighted by molar-refractivity contribution is 4.99. The lowest BCUT2D eigenvalue weighted by Crippen LogP contribution is -2.42. The number of nitrogens with zero attached hydrogens (tertiary/aromatic N) is 3. The van der Waals surface area contributed by atoms with Gasteiger partial charge in [0.1, 0.15) is 0 Å². The van der Waals surface area contributed by atoms with Crippen LogP contribution in [0.3, 0.4) is 0 Å². The number of piperidine rings is 1. The highest BCUT2D eigenvalue weighted by atomic mass is 15.1. The SMILES string of the molecule is C#CCN1CCC(NCc2cccnn2)CC1. The summed E-state index contributed by atoms with van der Waals surface area (Å²) in [4.78, 5) is 2.32. The summed E-state index contributed by atoms with van der Waals surface area (Å²) in [5, 5.41) is 11.4. The fraction of sp³-hybridized carbons (Fsp3) is 0.538. The van der Waals surface area contributed by atoms with Gasteiger partial charge in [0.25, 0.3) is 0 Å². The quantitative estimate of drug-likeness (QED) is 0.772. The van der Waals surface area contributed by atoms with E-state index in [0.29, 0.717) is 6.04 Å². The fourth-order valence-corrected chi connectivity index (χ4v) is 2.10. The lowest BCUT2D eigenvalue weighted by molar-refractivity contribution is 0.217. The molecule has 0 unspecified atom stereocenters. The Morgan fingerprint density at radius 1 is 1.47 bits per heavy atom. The lowest BCUT2D eigenvalue weighted by Gasteiger charge is -2.31. The summed E-state index contributed by atoms with van der Waals surface area (Å²) >= 11 is 0. The van der Waals surface area contributed by atoms with Crippen LogP contribution in [-0.4, -0.2) is 40.8 Å². The van der Waals surface area contributed by atoms with Crippen LogP contribution in [0.15, 0.2) is 18.3 Å². The molecule has 0 atom stereocenters. The van der Waals surface area contributed by atoms with Crippen LogP contribution in [0.2, 0.25) is 0 Å². The van der Waals surface area contributed by atoms with Gasteiger partial charge in [-0.2, -0.15) is 10.2 Å². The molecule has 17 heavy (non-hydrogen) atoms. The molecule has 2 heterocycles. The maximum atomic E-state index is 5.31. The average Bonchev–Trinajstić information content (AvgIpc) is 2.40. The van der Waals surface area contributed by atoms with Crippen molar-refractivity contribution in [2.45, 2.75) is 25.4 Å². The van der Waals surface area contributed by atoms with Gasteiger partial charge in [-0.05, 0) is 25.0 Å². The third-order valence-electron chi connectivity index (χ3n) is 3.10. The standard InChI is InChI=1S/C13H18N4/c1-2-8-17-9-5-12(6-10-17)14-11-13-4-3-7-15-16-13/h1,3-4,7,12,14H,5-6,8-11H2. The van der Waals surface area contributed by atoms with Crippen molar-refractivity contribution in [1.29, 1.82) is 0 Å². The number of likely N-dealkylation sites (tertiary alicyclic amines) is 1. The average molecular weight is 230 g/mol. The van der Waals surface area contributed by atoms with Gasteiger partial charge in [0.15, 0.2) is 0 Å². The lowest BCUT2D eigenvalue weighted by atomic mass is 10.1. The van der Waals surface area contributed by atoms with Crippen molar-refractivity contribution < 1.29 is 0 Å². The van der Waals surface area contributed by atoms with Crippen molar-refractivity contribution in [3.63, 3.8) is 0 Å². The summed E-state index contributed by atoms with van der Waals surface area (Å²) in [5.41, 5.74) is 0.999. The van der Waals surface area contributed by atoms with Gasteiger partial charge in [-0.1, -0.05) is 5.92 Å². The van der Waals surface area contributed by atoms with Crippen molar-refractivity contribution >= 4 is 0 Å². The Balaban J connectivity index is 1.70. The van der Waals surface area contributed by atoms with E-state index in [1.54, 1.807) is 6.20 Å². The van der Waals surface area contributed by atoms with Crippen LogP contribution in [0.5, 0.6) is 0 Å². The van der Waals surface area contributed by atoms with E-state index < -0.39 is 0 Å². The minimum atomic E-state index is 0.575. The van der Waals surface area contributed by atoms with Crippen molar-refractivity contribution in [1.82, 2.24) is 20.4 Å². The first-order valence-corrected chi connectivity index (χ1v) is 6.04. The second-order valence-electron chi connectivity index (χ2n) is 4.35. The second kappa shape index (κ2) is 6.33. The van der Waals surface area contributed by atoms with Crippen LogP contribution in [0.4, 0.5) is 0 Å². The largest absolute Gasteiger partial charge is 0.308 e. The molecule has 0 aliphatic carbocycles. The van der Waals surface area contributed by atoms with Crippen LogP contribution in [0, 0.1) is 12.3 Å². The molecule has 1 aliphatic rings. The van der Waals surface area contributed by atoms with Crippen LogP contribution in [0.25, 0.3) is 0 Å². The Hall–Kier alpha value is -1.44. The molecule has 1 N–H and O–H groups in total. The minimum absolute atomic E-state index is 0.575. The van der Waals surface area contributed by atoms with Crippen molar-refractivity contribution in [3.05, 3.63) is 24.0 Å². The Morgan fingerprint density at radius 3 is 2.94 bits per heavy atom. The van der Waals surface area contributed by atoms with Gasteiger partial charge in [-0.25, -0.2) is 0 Å². The van der Waals surface area contributed by atoms with Gasteiger partial charge < -0.3 is 5.32 Å². The molecule has 0 bridgehead atoms. The van der Waals surface area contributed by atoms with Crippen molar-refractivity contribution in [3.8, 4) is 12.3 Å². The van der Waals surface area contributed by atoms with Gasteiger partial charge in [0.2, 0.25) is 0 Å². The van der Waals surface area contributed by atoms with Crippen LogP contribution >= 0.6 is 0 Å². The first-order valence-electron chi connectivity index (χ1n) is 6.04. The van der Waals surface area contributed by atoms with Crippen molar-refractivity contribution in [2.24, 2.45) is 0 Å². The molecule has 4 nitrogen and oxygen atoms in total. The monoisotopic (exact) mass is 230 g/mol. The van der Waals surface area contributed by atoms with E-state index in [4.69, 9.17) is 6.42 Å². The third kappa shape index (κ3) is 3.81. The molecule has 2 rings (SSSR count). The Labute approximate surface area is 102 Å². The van der Waals surface area contributed by atoms with Crippen LogP contribution < -0.4 is 5.32 Å². The van der Waals surface area contributed by atoms with Gasteiger partial charge >= 0.3 is 0 Å². The highest BCUT2D eigenvalue weighted by Gasteiger charge is 2.17. The predicted octanol–water partition coefficient (Wildman–Crippen LogP) is 0.664. The number of hydrogen-bond acceptors (Lipinski definition) is 4. The van der Waals surface area contributed by atoms with Crippen LogP contribution in [-0.2, 0) is 6.54 Å². The maximum absolute atomic E-state index is 5.31. The van der Waals surface area contributed by atoms with E-state index in [0.717, 1.165) is 44.7 Å². The maximum Gasteiger partial charge on any atom is 0.0769 e. The molecule has 0 aromatic carbocycles. The Kier molecular flexibility index (Phi) is 4.48. The molecule has 1 aromatic rings. The summed E-state index contributed by atoms with van der Waals surface area (Å²) in [6.45, 7) is 3.75. The molecular weight excluding hydrogens is 212 g/mol. The molecule has 1 fully saturated rings. The Bertz CT molecular complexity index is 363. The number of hydrogen-bond donors (Lipinski definition) is 1. The van der Waals surface area contributed by atoms with E-state index in [9.17, 15) is 0 Å². The molecule has 0 radical (unpaired) electrons. The molecule has 1 aromatic heterocycles. The number of aromatic nitrogens is 2. The number of nitrogens with one attached hydrogen (secondary N) is 1. The molecule has 1 saturated heterocycles. The zero-order valence-corrected chi connectivity index (χ0v) is 9.97. The molecule has 90 valence electrons. The van der Waals surface area contributed by atoms with E-state index in [2.05, 4.69) is 26.3 Å². The summed E-state index contributed by atoms with van der Waals surface area (Å²) < 4.78 is 0. The predicted molar refractivity (Wildman–Crippen MR) is 67.2 cm³/mol. The topological polar surface area (TPSA) is 41.0 Å². The Morgan fingerprint density at radius 2 is 2.29 bits per heavy atom. The number of rotatable bonds is 4.